The van der Waals surface area contributed by atoms with Crippen molar-refractivity contribution < 1.29 is 4.11 Å². The molecule has 0 aliphatic carbocycles. The van der Waals surface area contributed by atoms with Gasteiger partial charge in [-0.15, -0.1) is 0 Å². The van der Waals surface area contributed by atoms with Crippen LogP contribution in [0.2, 0.25) is 0 Å². The topological polar surface area (TPSA) is 30.9 Å². The lowest BCUT2D eigenvalue weighted by Gasteiger charge is -2.29. The number of pyridine rings is 1. The van der Waals surface area contributed by atoms with Crippen molar-refractivity contribution in [2.24, 2.45) is 6.98 Å². The molecule has 0 aliphatic heterocycles. The zero-order chi connectivity index (χ0) is 44.2. The monoisotopic (exact) mass is 801 g/mol. The minimum atomic E-state index is -2.34. The Bertz CT molecular complexity index is 3490. The van der Waals surface area contributed by atoms with Crippen LogP contribution in [-0.4, -0.2) is 18.7 Å². The van der Waals surface area contributed by atoms with Gasteiger partial charge < -0.3 is 4.90 Å². The van der Waals surface area contributed by atoms with E-state index in [-0.39, 0.29) is 0 Å². The molecule has 5 nitrogen and oxygen atoms in total. The van der Waals surface area contributed by atoms with Crippen molar-refractivity contribution >= 4 is 49.9 Å². The summed E-state index contributed by atoms with van der Waals surface area (Å²) in [5.74, 6) is 0.815. The quantitative estimate of drug-likeness (QED) is 0.143. The molecule has 0 bridgehead atoms. The van der Waals surface area contributed by atoms with E-state index in [1.54, 1.807) is 6.33 Å². The van der Waals surface area contributed by atoms with Crippen LogP contribution in [0, 0.1) is 13.8 Å². The standard InChI is InChI=1S/C57H44N5/c1-39-17-14-18-40(2)57(39)61(45-24-15-23-44(36-45)60-38-59(3)52-29-12-13-30-53(52)60)46-31-32-50-49-25-10-11-28-51(49)62(54(50)37-46)55-35-43(33-34-58-55)56-47(41-19-6-4-7-20-41)26-16-27-48(56)42-21-8-5-9-22-42/h4-38H,1-3H3/q+1/i3D3. The van der Waals surface area contributed by atoms with E-state index in [2.05, 4.69) is 187 Å². The number of nitrogens with zero attached hydrogens (tertiary/aromatic N) is 5. The van der Waals surface area contributed by atoms with E-state index in [0.29, 0.717) is 5.52 Å². The Morgan fingerprint density at radius 2 is 1.11 bits per heavy atom. The van der Waals surface area contributed by atoms with Gasteiger partial charge in [0.15, 0.2) is 17.4 Å². The van der Waals surface area contributed by atoms with Gasteiger partial charge >= 0.3 is 0 Å². The number of aromatic nitrogens is 4. The SMILES string of the molecule is [2H]C([2H])([2H])n1[cH+]n(-c2cccc(N(c3ccc4c5ccccc5n(-c5cc(-c6c(-c7ccccc7)cccc6-c6ccccc6)ccn5)c4c3)c3c(C)cccc3C)c2)c2ccccc21. The van der Waals surface area contributed by atoms with Crippen molar-refractivity contribution in [3.8, 4) is 44.9 Å². The van der Waals surface area contributed by atoms with Gasteiger partial charge in [0.05, 0.1) is 22.4 Å². The van der Waals surface area contributed by atoms with Gasteiger partial charge in [0.2, 0.25) is 0 Å². The fourth-order valence-electron chi connectivity index (χ4n) is 9.29. The third kappa shape index (κ3) is 6.25. The fourth-order valence-corrected chi connectivity index (χ4v) is 9.29. The first-order chi connectivity index (χ1) is 31.7. The number of rotatable bonds is 8. The molecule has 3 heterocycles. The summed E-state index contributed by atoms with van der Waals surface area (Å²) in [5, 5.41) is 2.26. The first-order valence-electron chi connectivity index (χ1n) is 22.5. The molecule has 8 aromatic carbocycles. The first kappa shape index (κ1) is 33.8. The van der Waals surface area contributed by atoms with Crippen LogP contribution in [0.25, 0.3) is 77.7 Å². The second-order valence-corrected chi connectivity index (χ2v) is 15.9. The molecule has 0 N–H and O–H groups in total. The van der Waals surface area contributed by atoms with Gasteiger partial charge in [-0.1, -0.05) is 121 Å². The minimum Gasteiger partial charge on any atom is -0.309 e. The normalized spacial score (nSPS) is 12.4. The molecule has 0 radical (unpaired) electrons. The second kappa shape index (κ2) is 15.2. The zero-order valence-corrected chi connectivity index (χ0v) is 34.4. The van der Waals surface area contributed by atoms with Gasteiger partial charge in [-0.2, -0.15) is 4.57 Å². The van der Waals surface area contributed by atoms with Gasteiger partial charge in [-0.25, -0.2) is 9.55 Å². The van der Waals surface area contributed by atoms with Crippen LogP contribution in [-0.2, 0) is 6.98 Å². The number of hydrogen-bond acceptors (Lipinski definition) is 2. The average Bonchev–Trinajstić information content (AvgIpc) is 3.90. The largest absolute Gasteiger partial charge is 0.309 e. The maximum atomic E-state index is 8.31. The van der Waals surface area contributed by atoms with Crippen molar-refractivity contribution in [3.63, 3.8) is 0 Å². The summed E-state index contributed by atoms with van der Waals surface area (Å²) < 4.78 is 30.6. The highest BCUT2D eigenvalue weighted by atomic mass is 15.2. The molecular formula is C57H44N5+. The molecule has 62 heavy (non-hydrogen) atoms. The maximum Gasteiger partial charge on any atom is 0.191 e. The lowest BCUT2D eigenvalue weighted by atomic mass is 9.88. The smallest absolute Gasteiger partial charge is 0.191 e. The van der Waals surface area contributed by atoms with E-state index in [1.807, 2.05) is 47.2 Å². The van der Waals surface area contributed by atoms with Crippen molar-refractivity contribution in [2.45, 2.75) is 13.8 Å². The Kier molecular flexibility index (Phi) is 8.29. The minimum absolute atomic E-state index is 0.639. The van der Waals surface area contributed by atoms with Crippen molar-refractivity contribution in [1.82, 2.24) is 18.7 Å². The molecule has 0 aliphatic rings. The molecule has 0 atom stereocenters. The molecule has 3 aromatic heterocycles. The van der Waals surface area contributed by atoms with Crippen LogP contribution in [0.3, 0.4) is 0 Å². The van der Waals surface area contributed by atoms with Gasteiger partial charge in [-0.05, 0) is 113 Å². The van der Waals surface area contributed by atoms with Crippen LogP contribution < -0.4 is 4.90 Å². The van der Waals surface area contributed by atoms with Gasteiger partial charge in [0, 0.05) is 58.0 Å². The molecule has 0 saturated carbocycles. The summed E-state index contributed by atoms with van der Waals surface area (Å²) in [6, 6.07) is 69.8. The Morgan fingerprint density at radius 3 is 1.84 bits per heavy atom. The van der Waals surface area contributed by atoms with Gasteiger partial charge in [0.1, 0.15) is 11.5 Å². The fraction of sp³-hybridized carbons (Fsp3) is 0.0526. The molecule has 0 unspecified atom stereocenters. The average molecular weight is 802 g/mol. The Hall–Kier alpha value is -8.02. The maximum absolute atomic E-state index is 8.31. The van der Waals surface area contributed by atoms with E-state index in [1.165, 1.54) is 4.57 Å². The highest BCUT2D eigenvalue weighted by Gasteiger charge is 2.23. The van der Waals surface area contributed by atoms with Crippen LogP contribution in [0.15, 0.2) is 213 Å². The summed E-state index contributed by atoms with van der Waals surface area (Å²) in [7, 11) is 0. The molecule has 0 fully saturated rings. The third-order valence-corrected chi connectivity index (χ3v) is 12.1. The molecule has 11 aromatic rings. The zero-order valence-electron chi connectivity index (χ0n) is 37.4. The molecule has 0 saturated heterocycles. The number of hydrogen-bond donors (Lipinski definition) is 0. The van der Waals surface area contributed by atoms with Gasteiger partial charge in [0.25, 0.3) is 0 Å². The number of para-hydroxylation sites is 4. The number of aryl methyl sites for hydroxylation is 3. The Morgan fingerprint density at radius 1 is 0.500 bits per heavy atom. The summed E-state index contributed by atoms with van der Waals surface area (Å²) in [4.78, 5) is 7.45. The number of benzene rings is 8. The van der Waals surface area contributed by atoms with E-state index in [4.69, 9.17) is 9.10 Å². The summed E-state index contributed by atoms with van der Waals surface area (Å²) >= 11 is 0. The molecule has 0 amide bonds. The number of imidazole rings is 1. The molecule has 5 heteroatoms. The molecule has 11 rings (SSSR count). The predicted molar refractivity (Wildman–Crippen MR) is 259 cm³/mol. The highest BCUT2D eigenvalue weighted by Crippen LogP contribution is 2.44. The predicted octanol–water partition coefficient (Wildman–Crippen LogP) is 14.8. The lowest BCUT2D eigenvalue weighted by molar-refractivity contribution is 0.911. The summed E-state index contributed by atoms with van der Waals surface area (Å²) in [6.45, 7) is 1.96. The number of fused-ring (bicyclic) bond motifs is 4. The molecule has 296 valence electrons. The number of anilines is 3. The third-order valence-electron chi connectivity index (χ3n) is 12.1. The van der Waals surface area contributed by atoms with Crippen molar-refractivity contribution in [1.29, 1.82) is 0 Å². The lowest BCUT2D eigenvalue weighted by Crippen LogP contribution is -2.13. The van der Waals surface area contributed by atoms with E-state index in [9.17, 15) is 0 Å². The van der Waals surface area contributed by atoms with Crippen LogP contribution in [0.5, 0.6) is 0 Å². The van der Waals surface area contributed by atoms with E-state index < -0.39 is 6.98 Å². The van der Waals surface area contributed by atoms with Gasteiger partial charge in [-0.3, -0.25) is 4.57 Å². The van der Waals surface area contributed by atoms with Crippen LogP contribution >= 0.6 is 0 Å². The van der Waals surface area contributed by atoms with E-state index >= 15 is 0 Å². The Balaban J connectivity index is 1.12. The van der Waals surface area contributed by atoms with Crippen molar-refractivity contribution in [2.75, 3.05) is 4.90 Å². The Labute approximate surface area is 365 Å². The first-order valence-corrected chi connectivity index (χ1v) is 21.0. The van der Waals surface area contributed by atoms with E-state index in [0.717, 1.165) is 100 Å². The molecular weight excluding hydrogens is 755 g/mol. The molecule has 0 spiro atoms. The summed E-state index contributed by atoms with van der Waals surface area (Å²) in [5.41, 5.74) is 16.5. The van der Waals surface area contributed by atoms with Crippen LogP contribution in [0.1, 0.15) is 15.2 Å². The highest BCUT2D eigenvalue weighted by molar-refractivity contribution is 6.10. The summed E-state index contributed by atoms with van der Waals surface area (Å²) in [6.07, 6.45) is 3.62. The second-order valence-electron chi connectivity index (χ2n) is 15.9. The van der Waals surface area contributed by atoms with Crippen LogP contribution in [0.4, 0.5) is 17.1 Å². The van der Waals surface area contributed by atoms with Crippen molar-refractivity contribution in [3.05, 3.63) is 224 Å².